The Morgan fingerprint density at radius 3 is 2.42 bits per heavy atom. The Hall–Kier alpha value is -3.08. The smallest absolute Gasteiger partial charge is 0.251 e. The van der Waals surface area contributed by atoms with Crippen LogP contribution in [-0.2, 0) is 6.42 Å². The summed E-state index contributed by atoms with van der Waals surface area (Å²) in [5.41, 5.74) is 4.93. The Labute approximate surface area is 153 Å². The lowest BCUT2D eigenvalue weighted by Crippen LogP contribution is -2.25. The number of carbonyl (C=O) groups is 1. The van der Waals surface area contributed by atoms with Gasteiger partial charge in [-0.2, -0.15) is 5.10 Å². The van der Waals surface area contributed by atoms with Crippen molar-refractivity contribution in [2.75, 3.05) is 13.7 Å². The lowest BCUT2D eigenvalue weighted by Gasteiger charge is -2.07. The Morgan fingerprint density at radius 1 is 1.08 bits per heavy atom. The topological polar surface area (TPSA) is 56.1 Å². The van der Waals surface area contributed by atoms with Gasteiger partial charge in [-0.15, -0.1) is 0 Å². The summed E-state index contributed by atoms with van der Waals surface area (Å²) < 4.78 is 7.07. The van der Waals surface area contributed by atoms with E-state index in [1.54, 1.807) is 31.4 Å². The van der Waals surface area contributed by atoms with Crippen LogP contribution in [0, 0.1) is 13.8 Å². The number of methoxy groups -OCH3 is 1. The fourth-order valence-electron chi connectivity index (χ4n) is 3.00. The number of benzene rings is 2. The summed E-state index contributed by atoms with van der Waals surface area (Å²) in [4.78, 5) is 12.3. The first-order chi connectivity index (χ1) is 12.6. The number of nitrogens with zero attached hydrogens (tertiary/aromatic N) is 2. The van der Waals surface area contributed by atoms with Crippen LogP contribution in [0.4, 0.5) is 0 Å². The van der Waals surface area contributed by atoms with Crippen molar-refractivity contribution in [2.24, 2.45) is 0 Å². The molecule has 1 aromatic heterocycles. The van der Waals surface area contributed by atoms with Gasteiger partial charge in [0.2, 0.25) is 0 Å². The minimum atomic E-state index is -0.0848. The molecule has 0 saturated carbocycles. The molecule has 0 unspecified atom stereocenters. The standard InChI is InChI=1S/C21H23N3O2/c1-15-20(16(2)24(23-15)18-7-5-4-6-8-18)13-14-22-21(25)17-9-11-19(26-3)12-10-17/h4-12H,13-14H2,1-3H3,(H,22,25). The van der Waals surface area contributed by atoms with Crippen LogP contribution in [-0.4, -0.2) is 29.3 Å². The Bertz CT molecular complexity index is 884. The van der Waals surface area contributed by atoms with E-state index in [0.717, 1.165) is 29.2 Å². The molecule has 0 aliphatic carbocycles. The molecular formula is C21H23N3O2. The minimum Gasteiger partial charge on any atom is -0.497 e. The van der Waals surface area contributed by atoms with E-state index >= 15 is 0 Å². The summed E-state index contributed by atoms with van der Waals surface area (Å²) in [6.07, 6.45) is 0.742. The molecule has 0 radical (unpaired) electrons. The second kappa shape index (κ2) is 7.87. The molecule has 3 aromatic rings. The summed E-state index contributed by atoms with van der Waals surface area (Å²) in [6, 6.07) is 17.2. The predicted molar refractivity (Wildman–Crippen MR) is 102 cm³/mol. The number of nitrogens with one attached hydrogen (secondary N) is 1. The van der Waals surface area contributed by atoms with E-state index in [-0.39, 0.29) is 5.91 Å². The molecule has 0 atom stereocenters. The third kappa shape index (κ3) is 3.77. The maximum Gasteiger partial charge on any atom is 0.251 e. The van der Waals surface area contributed by atoms with E-state index in [1.165, 1.54) is 5.56 Å². The van der Waals surface area contributed by atoms with Crippen LogP contribution in [0.15, 0.2) is 54.6 Å². The van der Waals surface area contributed by atoms with E-state index in [2.05, 4.69) is 17.3 Å². The molecule has 0 saturated heterocycles. The summed E-state index contributed by atoms with van der Waals surface area (Å²) >= 11 is 0. The summed E-state index contributed by atoms with van der Waals surface area (Å²) in [5, 5.41) is 7.62. The van der Waals surface area contributed by atoms with Gasteiger partial charge in [0.15, 0.2) is 0 Å². The van der Waals surface area contributed by atoms with E-state index in [9.17, 15) is 4.79 Å². The lowest BCUT2D eigenvalue weighted by molar-refractivity contribution is 0.0954. The average Bonchev–Trinajstić information content (AvgIpc) is 2.97. The molecule has 0 aliphatic rings. The summed E-state index contributed by atoms with van der Waals surface area (Å²) in [6.45, 7) is 4.63. The van der Waals surface area contributed by atoms with Gasteiger partial charge in [0.05, 0.1) is 18.5 Å². The average molecular weight is 349 g/mol. The quantitative estimate of drug-likeness (QED) is 0.741. The molecule has 3 rings (SSSR count). The van der Waals surface area contributed by atoms with Gasteiger partial charge < -0.3 is 10.1 Å². The maximum atomic E-state index is 12.3. The fraction of sp³-hybridized carbons (Fsp3) is 0.238. The first kappa shape index (κ1) is 17.7. The van der Waals surface area contributed by atoms with E-state index < -0.39 is 0 Å². The van der Waals surface area contributed by atoms with Crippen LogP contribution in [0.5, 0.6) is 5.75 Å². The molecule has 0 spiro atoms. The van der Waals surface area contributed by atoms with Crippen molar-refractivity contribution in [3.05, 3.63) is 77.1 Å². The van der Waals surface area contributed by atoms with Crippen molar-refractivity contribution in [3.8, 4) is 11.4 Å². The highest BCUT2D eigenvalue weighted by Crippen LogP contribution is 2.18. The Morgan fingerprint density at radius 2 is 1.77 bits per heavy atom. The van der Waals surface area contributed by atoms with Gasteiger partial charge in [0.1, 0.15) is 5.75 Å². The summed E-state index contributed by atoms with van der Waals surface area (Å²) in [7, 11) is 1.61. The highest BCUT2D eigenvalue weighted by Gasteiger charge is 2.13. The SMILES string of the molecule is COc1ccc(C(=O)NCCc2c(C)nn(-c3ccccc3)c2C)cc1. The number of amides is 1. The monoisotopic (exact) mass is 349 g/mol. The van der Waals surface area contributed by atoms with Crippen LogP contribution in [0.2, 0.25) is 0 Å². The molecule has 2 aromatic carbocycles. The van der Waals surface area contributed by atoms with Crippen molar-refractivity contribution in [1.29, 1.82) is 0 Å². The maximum absolute atomic E-state index is 12.3. The number of aromatic nitrogens is 2. The van der Waals surface area contributed by atoms with Crippen molar-refractivity contribution in [1.82, 2.24) is 15.1 Å². The van der Waals surface area contributed by atoms with Gasteiger partial charge in [-0.1, -0.05) is 18.2 Å². The van der Waals surface area contributed by atoms with Gasteiger partial charge in [0.25, 0.3) is 5.91 Å². The fourth-order valence-corrected chi connectivity index (χ4v) is 3.00. The largest absolute Gasteiger partial charge is 0.497 e. The van der Waals surface area contributed by atoms with Crippen molar-refractivity contribution >= 4 is 5.91 Å². The number of hydrogen-bond donors (Lipinski definition) is 1. The molecule has 1 N–H and O–H groups in total. The first-order valence-electron chi connectivity index (χ1n) is 8.63. The number of aryl methyl sites for hydroxylation is 1. The van der Waals surface area contributed by atoms with Crippen LogP contribution in [0.1, 0.15) is 27.3 Å². The van der Waals surface area contributed by atoms with E-state index in [4.69, 9.17) is 4.74 Å². The van der Waals surface area contributed by atoms with E-state index in [0.29, 0.717) is 12.1 Å². The molecule has 0 fully saturated rings. The van der Waals surface area contributed by atoms with Gasteiger partial charge in [-0.05, 0) is 62.2 Å². The van der Waals surface area contributed by atoms with Crippen LogP contribution in [0.25, 0.3) is 5.69 Å². The number of rotatable bonds is 6. The minimum absolute atomic E-state index is 0.0848. The zero-order valence-electron chi connectivity index (χ0n) is 15.3. The second-order valence-electron chi connectivity index (χ2n) is 6.13. The lowest BCUT2D eigenvalue weighted by atomic mass is 10.1. The second-order valence-corrected chi connectivity index (χ2v) is 6.13. The zero-order chi connectivity index (χ0) is 18.5. The molecule has 26 heavy (non-hydrogen) atoms. The van der Waals surface area contributed by atoms with E-state index in [1.807, 2.05) is 41.9 Å². The molecule has 134 valence electrons. The van der Waals surface area contributed by atoms with Gasteiger partial charge in [0, 0.05) is 17.8 Å². The molecular weight excluding hydrogens is 326 g/mol. The highest BCUT2D eigenvalue weighted by atomic mass is 16.5. The number of ether oxygens (including phenoxy) is 1. The van der Waals surface area contributed by atoms with Gasteiger partial charge in [-0.3, -0.25) is 4.79 Å². The number of carbonyl (C=O) groups excluding carboxylic acids is 1. The van der Waals surface area contributed by atoms with Crippen LogP contribution in [0.3, 0.4) is 0 Å². The van der Waals surface area contributed by atoms with Gasteiger partial charge >= 0.3 is 0 Å². The third-order valence-corrected chi connectivity index (χ3v) is 4.45. The van der Waals surface area contributed by atoms with Crippen molar-refractivity contribution in [2.45, 2.75) is 20.3 Å². The Kier molecular flexibility index (Phi) is 5.37. The molecule has 1 heterocycles. The van der Waals surface area contributed by atoms with Crippen molar-refractivity contribution in [3.63, 3.8) is 0 Å². The highest BCUT2D eigenvalue weighted by molar-refractivity contribution is 5.94. The number of hydrogen-bond acceptors (Lipinski definition) is 3. The Balaban J connectivity index is 1.64. The number of para-hydroxylation sites is 1. The van der Waals surface area contributed by atoms with Crippen LogP contribution >= 0.6 is 0 Å². The first-order valence-corrected chi connectivity index (χ1v) is 8.63. The molecule has 5 nitrogen and oxygen atoms in total. The molecule has 1 amide bonds. The third-order valence-electron chi connectivity index (χ3n) is 4.45. The normalized spacial score (nSPS) is 10.6. The predicted octanol–water partition coefficient (Wildman–Crippen LogP) is 3.47. The molecule has 0 aliphatic heterocycles. The summed E-state index contributed by atoms with van der Waals surface area (Å²) in [5.74, 6) is 0.652. The van der Waals surface area contributed by atoms with Gasteiger partial charge in [-0.25, -0.2) is 4.68 Å². The van der Waals surface area contributed by atoms with Crippen LogP contribution < -0.4 is 10.1 Å². The van der Waals surface area contributed by atoms with Crippen molar-refractivity contribution < 1.29 is 9.53 Å². The molecule has 5 heteroatoms. The zero-order valence-corrected chi connectivity index (χ0v) is 15.3. The molecule has 0 bridgehead atoms.